The minimum atomic E-state index is 0.903. The van der Waals surface area contributed by atoms with Crippen molar-refractivity contribution in [3.63, 3.8) is 0 Å². The summed E-state index contributed by atoms with van der Waals surface area (Å²) in [5, 5.41) is 3.43. The van der Waals surface area contributed by atoms with Crippen molar-refractivity contribution in [2.24, 2.45) is 0 Å². The Bertz CT molecular complexity index is 788. The molecule has 0 bridgehead atoms. The molecule has 1 aliphatic rings. The first-order valence-electron chi connectivity index (χ1n) is 7.04. The molecule has 3 aromatic rings. The predicted octanol–water partition coefficient (Wildman–Crippen LogP) is 3.09. The quantitative estimate of drug-likeness (QED) is 0.773. The van der Waals surface area contributed by atoms with E-state index in [2.05, 4.69) is 40.0 Å². The molecule has 1 aliphatic heterocycles. The van der Waals surface area contributed by atoms with Gasteiger partial charge < -0.3 is 9.88 Å². The molecule has 3 heterocycles. The standard InChI is InChI=1S/C16H16N4/c1-2-20-15-6-7-17-10-14(15)19-16(20)12-4-3-11-5-8-18-13(11)9-12/h3-4,6-7,9-10,18H,2,5,8H2,1H3. The van der Waals surface area contributed by atoms with Gasteiger partial charge in [-0.2, -0.15) is 0 Å². The Morgan fingerprint density at radius 1 is 1.30 bits per heavy atom. The summed E-state index contributed by atoms with van der Waals surface area (Å²) in [6.45, 7) is 4.09. The van der Waals surface area contributed by atoms with E-state index in [0.29, 0.717) is 0 Å². The zero-order chi connectivity index (χ0) is 13.5. The van der Waals surface area contributed by atoms with Gasteiger partial charge in [-0.1, -0.05) is 12.1 Å². The maximum absolute atomic E-state index is 4.75. The van der Waals surface area contributed by atoms with Crippen LogP contribution in [0.5, 0.6) is 0 Å². The number of imidazole rings is 1. The second-order valence-electron chi connectivity index (χ2n) is 5.09. The smallest absolute Gasteiger partial charge is 0.141 e. The number of nitrogens with one attached hydrogen (secondary N) is 1. The molecule has 0 saturated heterocycles. The van der Waals surface area contributed by atoms with Crippen molar-refractivity contribution in [3.05, 3.63) is 42.2 Å². The highest BCUT2D eigenvalue weighted by molar-refractivity contribution is 5.80. The molecule has 4 rings (SSSR count). The molecule has 100 valence electrons. The van der Waals surface area contributed by atoms with Crippen LogP contribution in [0.4, 0.5) is 5.69 Å². The molecule has 4 heteroatoms. The highest BCUT2D eigenvalue weighted by atomic mass is 15.1. The SMILES string of the molecule is CCn1c(-c2ccc3c(c2)NCC3)nc2cnccc21. The third kappa shape index (κ3) is 1.61. The molecule has 0 radical (unpaired) electrons. The summed E-state index contributed by atoms with van der Waals surface area (Å²) in [7, 11) is 0. The monoisotopic (exact) mass is 264 g/mol. The fourth-order valence-corrected chi connectivity index (χ4v) is 2.95. The topological polar surface area (TPSA) is 42.7 Å². The van der Waals surface area contributed by atoms with Crippen LogP contribution in [0.2, 0.25) is 0 Å². The lowest BCUT2D eigenvalue weighted by Gasteiger charge is -2.08. The second kappa shape index (κ2) is 4.34. The fraction of sp³-hybridized carbons (Fsp3) is 0.250. The molecule has 0 saturated carbocycles. The first-order chi connectivity index (χ1) is 9.86. The molecule has 0 aliphatic carbocycles. The van der Waals surface area contributed by atoms with Crippen molar-refractivity contribution in [1.82, 2.24) is 14.5 Å². The van der Waals surface area contributed by atoms with Crippen molar-refractivity contribution in [3.8, 4) is 11.4 Å². The van der Waals surface area contributed by atoms with E-state index >= 15 is 0 Å². The van der Waals surface area contributed by atoms with Crippen LogP contribution in [0.25, 0.3) is 22.4 Å². The van der Waals surface area contributed by atoms with Gasteiger partial charge in [0.15, 0.2) is 0 Å². The van der Waals surface area contributed by atoms with Gasteiger partial charge in [-0.3, -0.25) is 4.98 Å². The van der Waals surface area contributed by atoms with Crippen LogP contribution in [0.15, 0.2) is 36.7 Å². The fourth-order valence-electron chi connectivity index (χ4n) is 2.95. The number of fused-ring (bicyclic) bond motifs is 2. The van der Waals surface area contributed by atoms with E-state index in [1.54, 1.807) is 0 Å². The van der Waals surface area contributed by atoms with Gasteiger partial charge in [0.1, 0.15) is 11.3 Å². The van der Waals surface area contributed by atoms with Crippen LogP contribution in [0.1, 0.15) is 12.5 Å². The zero-order valence-electron chi connectivity index (χ0n) is 11.4. The molecule has 4 nitrogen and oxygen atoms in total. The summed E-state index contributed by atoms with van der Waals surface area (Å²) in [5.41, 5.74) is 5.91. The van der Waals surface area contributed by atoms with Gasteiger partial charge in [-0.25, -0.2) is 4.98 Å². The number of nitrogens with zero attached hydrogens (tertiary/aromatic N) is 3. The molecule has 0 spiro atoms. The van der Waals surface area contributed by atoms with Crippen molar-refractivity contribution in [2.75, 3.05) is 11.9 Å². The summed E-state index contributed by atoms with van der Waals surface area (Å²) >= 11 is 0. The molecule has 2 aromatic heterocycles. The van der Waals surface area contributed by atoms with E-state index in [9.17, 15) is 0 Å². The van der Waals surface area contributed by atoms with Crippen molar-refractivity contribution >= 4 is 16.7 Å². The number of hydrogen-bond acceptors (Lipinski definition) is 3. The largest absolute Gasteiger partial charge is 0.384 e. The number of pyridine rings is 1. The van der Waals surface area contributed by atoms with E-state index in [4.69, 9.17) is 4.98 Å². The Morgan fingerprint density at radius 3 is 3.15 bits per heavy atom. The normalized spacial score (nSPS) is 13.4. The van der Waals surface area contributed by atoms with Crippen LogP contribution in [0, 0.1) is 0 Å². The Labute approximate surface area is 117 Å². The van der Waals surface area contributed by atoms with Gasteiger partial charge in [-0.05, 0) is 31.0 Å². The minimum absolute atomic E-state index is 0.903. The van der Waals surface area contributed by atoms with E-state index in [0.717, 1.165) is 41.9 Å². The second-order valence-corrected chi connectivity index (χ2v) is 5.09. The molecule has 0 fully saturated rings. The number of rotatable bonds is 2. The van der Waals surface area contributed by atoms with E-state index in [-0.39, 0.29) is 0 Å². The number of aryl methyl sites for hydroxylation is 1. The number of anilines is 1. The van der Waals surface area contributed by atoms with E-state index in [1.165, 1.54) is 11.3 Å². The van der Waals surface area contributed by atoms with Gasteiger partial charge >= 0.3 is 0 Å². The van der Waals surface area contributed by atoms with Crippen LogP contribution >= 0.6 is 0 Å². The summed E-state index contributed by atoms with van der Waals surface area (Å²) in [6.07, 6.45) is 4.77. The highest BCUT2D eigenvalue weighted by Gasteiger charge is 2.15. The van der Waals surface area contributed by atoms with Crippen LogP contribution in [-0.4, -0.2) is 21.1 Å². The van der Waals surface area contributed by atoms with Gasteiger partial charge in [-0.15, -0.1) is 0 Å². The van der Waals surface area contributed by atoms with Crippen LogP contribution < -0.4 is 5.32 Å². The lowest BCUT2D eigenvalue weighted by molar-refractivity contribution is 0.796. The summed E-state index contributed by atoms with van der Waals surface area (Å²) in [6, 6.07) is 8.62. The van der Waals surface area contributed by atoms with Gasteiger partial charge in [0.2, 0.25) is 0 Å². The van der Waals surface area contributed by atoms with Crippen LogP contribution in [-0.2, 0) is 13.0 Å². The van der Waals surface area contributed by atoms with Crippen molar-refractivity contribution < 1.29 is 0 Å². The lowest BCUT2D eigenvalue weighted by atomic mass is 10.1. The third-order valence-corrected chi connectivity index (χ3v) is 3.94. The summed E-state index contributed by atoms with van der Waals surface area (Å²) in [5.74, 6) is 1.02. The average molecular weight is 264 g/mol. The molecule has 1 N–H and O–H groups in total. The lowest BCUT2D eigenvalue weighted by Crippen LogP contribution is -1.98. The molecular formula is C16H16N4. The van der Waals surface area contributed by atoms with Gasteiger partial charge in [0.25, 0.3) is 0 Å². The Hall–Kier alpha value is -2.36. The number of aromatic nitrogens is 3. The Balaban J connectivity index is 1.93. The highest BCUT2D eigenvalue weighted by Crippen LogP contribution is 2.30. The molecule has 0 amide bonds. The summed E-state index contributed by atoms with van der Waals surface area (Å²) in [4.78, 5) is 8.92. The first-order valence-corrected chi connectivity index (χ1v) is 7.04. The Kier molecular flexibility index (Phi) is 2.49. The Morgan fingerprint density at radius 2 is 2.25 bits per heavy atom. The molecule has 0 atom stereocenters. The molecule has 20 heavy (non-hydrogen) atoms. The average Bonchev–Trinajstić information content (AvgIpc) is 3.10. The maximum Gasteiger partial charge on any atom is 0.141 e. The maximum atomic E-state index is 4.75. The molecule has 1 aromatic carbocycles. The molecule has 0 unspecified atom stereocenters. The van der Waals surface area contributed by atoms with E-state index in [1.807, 2.05) is 18.5 Å². The minimum Gasteiger partial charge on any atom is -0.384 e. The van der Waals surface area contributed by atoms with E-state index < -0.39 is 0 Å². The van der Waals surface area contributed by atoms with Crippen molar-refractivity contribution in [1.29, 1.82) is 0 Å². The van der Waals surface area contributed by atoms with Gasteiger partial charge in [0.05, 0.1) is 11.7 Å². The summed E-state index contributed by atoms with van der Waals surface area (Å²) < 4.78 is 2.24. The van der Waals surface area contributed by atoms with Crippen molar-refractivity contribution in [2.45, 2.75) is 19.9 Å². The van der Waals surface area contributed by atoms with Gasteiger partial charge in [0, 0.05) is 30.5 Å². The molecular weight excluding hydrogens is 248 g/mol. The number of benzene rings is 1. The first kappa shape index (κ1) is 11.5. The van der Waals surface area contributed by atoms with Crippen LogP contribution in [0.3, 0.4) is 0 Å². The number of hydrogen-bond donors (Lipinski definition) is 1. The zero-order valence-corrected chi connectivity index (χ0v) is 11.4. The predicted molar refractivity (Wildman–Crippen MR) is 80.8 cm³/mol. The third-order valence-electron chi connectivity index (χ3n) is 3.94.